The molecule has 5 atom stereocenters. The summed E-state index contributed by atoms with van der Waals surface area (Å²) in [6, 6.07) is 5.57. The van der Waals surface area contributed by atoms with Crippen LogP contribution in [0.1, 0.15) is 41.2 Å². The Morgan fingerprint density at radius 2 is 1.80 bits per heavy atom. The van der Waals surface area contributed by atoms with Crippen molar-refractivity contribution in [1.29, 1.82) is 0 Å². The second kappa shape index (κ2) is 5.39. The Morgan fingerprint density at radius 1 is 1.08 bits per heavy atom. The highest BCUT2D eigenvalue weighted by Crippen LogP contribution is 2.63. The molecule has 5 rings (SSSR count). The van der Waals surface area contributed by atoms with E-state index in [-0.39, 0.29) is 10.8 Å². The quantitative estimate of drug-likeness (QED) is 0.742. The van der Waals surface area contributed by atoms with Crippen molar-refractivity contribution in [1.82, 2.24) is 4.98 Å². The normalized spacial score (nSPS) is 33.3. The van der Waals surface area contributed by atoms with E-state index in [1.807, 2.05) is 0 Å². The summed E-state index contributed by atoms with van der Waals surface area (Å²) in [6.07, 6.45) is -0.654. The summed E-state index contributed by atoms with van der Waals surface area (Å²) in [5, 5.41) is 1.41. The first-order valence-corrected chi connectivity index (χ1v) is 10.2. The molecule has 2 saturated carbocycles. The van der Waals surface area contributed by atoms with Gasteiger partial charge >= 0.3 is 11.0 Å². The average Bonchev–Trinajstić information content (AvgIpc) is 3.25. The molecule has 2 bridgehead atoms. The van der Waals surface area contributed by atoms with Crippen LogP contribution in [-0.4, -0.2) is 10.2 Å². The second-order valence-electron chi connectivity index (χ2n) is 7.30. The molecule has 25 heavy (non-hydrogen) atoms. The predicted molar refractivity (Wildman–Crippen MR) is 92.2 cm³/mol. The molecule has 132 valence electrons. The fourth-order valence-corrected chi connectivity index (χ4v) is 8.00. The molecule has 0 spiro atoms. The molecule has 1 unspecified atom stereocenters. The van der Waals surface area contributed by atoms with Gasteiger partial charge in [0.05, 0.1) is 10.6 Å². The van der Waals surface area contributed by atoms with Crippen molar-refractivity contribution in [2.75, 3.05) is 0 Å². The van der Waals surface area contributed by atoms with Crippen LogP contribution in [0.3, 0.4) is 0 Å². The standard InChI is InChI=1S/C18H16F3NOS2/c19-18(20,21)11-5-3-8(4-6-11)12-13-9-1-2-10(7-9)14(13)24-16-15(12)25-17(23)22-16/h3-6,9-10,12-14H,1-2,7H2,(H,22,23)/t9-,10?,12-,13-,14-/m1/s1. The third-order valence-electron chi connectivity index (χ3n) is 6.06. The number of aromatic amines is 1. The lowest BCUT2D eigenvalue weighted by molar-refractivity contribution is -0.137. The second-order valence-corrected chi connectivity index (χ2v) is 9.50. The summed E-state index contributed by atoms with van der Waals surface area (Å²) in [7, 11) is 0. The van der Waals surface area contributed by atoms with Crippen LogP contribution in [0.2, 0.25) is 0 Å². The lowest BCUT2D eigenvalue weighted by Gasteiger charge is -2.40. The van der Waals surface area contributed by atoms with Crippen molar-refractivity contribution < 1.29 is 13.2 Å². The summed E-state index contributed by atoms with van der Waals surface area (Å²) in [6.45, 7) is 0. The van der Waals surface area contributed by atoms with E-state index < -0.39 is 11.7 Å². The number of hydrogen-bond donors (Lipinski definition) is 1. The van der Waals surface area contributed by atoms with Gasteiger partial charge in [-0.05, 0) is 54.7 Å². The van der Waals surface area contributed by atoms with Gasteiger partial charge in [-0.2, -0.15) is 13.2 Å². The molecule has 2 fully saturated rings. The largest absolute Gasteiger partial charge is 0.416 e. The predicted octanol–water partition coefficient (Wildman–Crippen LogP) is 5.11. The zero-order valence-electron chi connectivity index (χ0n) is 13.2. The summed E-state index contributed by atoms with van der Waals surface area (Å²) in [5.41, 5.74) is 0.292. The summed E-state index contributed by atoms with van der Waals surface area (Å²) in [4.78, 5) is 15.8. The molecule has 0 amide bonds. The Morgan fingerprint density at radius 3 is 2.52 bits per heavy atom. The molecule has 1 aromatic carbocycles. The van der Waals surface area contributed by atoms with Crippen molar-refractivity contribution in [3.63, 3.8) is 0 Å². The average molecular weight is 383 g/mol. The highest BCUT2D eigenvalue weighted by atomic mass is 32.2. The Hall–Kier alpha value is -1.21. The van der Waals surface area contributed by atoms with Crippen LogP contribution < -0.4 is 4.87 Å². The third-order valence-corrected chi connectivity index (χ3v) is 8.69. The number of H-pyrrole nitrogens is 1. The molecule has 0 saturated heterocycles. The van der Waals surface area contributed by atoms with E-state index >= 15 is 0 Å². The summed E-state index contributed by atoms with van der Waals surface area (Å²) < 4.78 is 38.7. The smallest absolute Gasteiger partial charge is 0.307 e. The van der Waals surface area contributed by atoms with E-state index in [9.17, 15) is 18.0 Å². The van der Waals surface area contributed by atoms with Gasteiger partial charge in [0.25, 0.3) is 0 Å². The molecule has 1 aromatic heterocycles. The molecule has 2 aromatic rings. The zero-order chi connectivity index (χ0) is 17.3. The molecule has 1 aliphatic heterocycles. The van der Waals surface area contributed by atoms with E-state index in [4.69, 9.17) is 0 Å². The van der Waals surface area contributed by atoms with Gasteiger partial charge in [-0.3, -0.25) is 4.79 Å². The van der Waals surface area contributed by atoms with Crippen molar-refractivity contribution in [3.8, 4) is 0 Å². The fourth-order valence-electron chi connectivity index (χ4n) is 5.10. The maximum absolute atomic E-state index is 12.9. The summed E-state index contributed by atoms with van der Waals surface area (Å²) in [5.74, 6) is 1.77. The number of benzene rings is 1. The monoisotopic (exact) mass is 383 g/mol. The van der Waals surface area contributed by atoms with E-state index in [0.29, 0.717) is 23.0 Å². The topological polar surface area (TPSA) is 32.9 Å². The molecule has 1 N–H and O–H groups in total. The zero-order valence-corrected chi connectivity index (χ0v) is 14.8. The Labute approximate surface area is 150 Å². The maximum Gasteiger partial charge on any atom is 0.416 e. The van der Waals surface area contributed by atoms with Gasteiger partial charge in [0.2, 0.25) is 0 Å². The van der Waals surface area contributed by atoms with Crippen LogP contribution in [0.4, 0.5) is 13.2 Å². The highest BCUT2D eigenvalue weighted by Gasteiger charge is 2.54. The van der Waals surface area contributed by atoms with Gasteiger partial charge in [0.1, 0.15) is 0 Å². The number of hydrogen-bond acceptors (Lipinski definition) is 3. The molecule has 2 aliphatic carbocycles. The first-order chi connectivity index (χ1) is 11.9. The van der Waals surface area contributed by atoms with Gasteiger partial charge in [-0.25, -0.2) is 0 Å². The van der Waals surface area contributed by atoms with Gasteiger partial charge in [-0.15, -0.1) is 11.8 Å². The molecule has 0 radical (unpaired) electrons. The van der Waals surface area contributed by atoms with Gasteiger partial charge in [-0.1, -0.05) is 23.5 Å². The highest BCUT2D eigenvalue weighted by molar-refractivity contribution is 8.00. The van der Waals surface area contributed by atoms with E-state index in [1.165, 1.54) is 42.7 Å². The molecule has 2 heterocycles. The number of thioether (sulfide) groups is 1. The number of thiazole rings is 1. The van der Waals surface area contributed by atoms with Crippen LogP contribution in [0, 0.1) is 17.8 Å². The minimum Gasteiger partial charge on any atom is -0.307 e. The van der Waals surface area contributed by atoms with Crippen molar-refractivity contribution >= 4 is 23.1 Å². The number of rotatable bonds is 1. The van der Waals surface area contributed by atoms with Crippen LogP contribution in [0.15, 0.2) is 34.1 Å². The number of alkyl halides is 3. The van der Waals surface area contributed by atoms with Gasteiger partial charge in [0, 0.05) is 16.0 Å². The van der Waals surface area contributed by atoms with Crippen LogP contribution in [0.5, 0.6) is 0 Å². The Balaban J connectivity index is 1.61. The lowest BCUT2D eigenvalue weighted by Crippen LogP contribution is -2.33. The van der Waals surface area contributed by atoms with E-state index in [2.05, 4.69) is 4.98 Å². The number of nitrogens with one attached hydrogen (secondary N) is 1. The number of fused-ring (bicyclic) bond motifs is 6. The fraction of sp³-hybridized carbons (Fsp3) is 0.500. The van der Waals surface area contributed by atoms with Crippen LogP contribution in [0.25, 0.3) is 0 Å². The molecule has 2 nitrogen and oxygen atoms in total. The number of aromatic nitrogens is 1. The van der Waals surface area contributed by atoms with E-state index in [0.717, 1.165) is 15.5 Å². The third kappa shape index (κ3) is 2.42. The Kier molecular flexibility index (Phi) is 3.45. The van der Waals surface area contributed by atoms with E-state index in [1.54, 1.807) is 23.9 Å². The van der Waals surface area contributed by atoms with Gasteiger partial charge < -0.3 is 4.98 Å². The minimum atomic E-state index is -4.32. The van der Waals surface area contributed by atoms with Crippen molar-refractivity contribution in [2.24, 2.45) is 17.8 Å². The first kappa shape index (κ1) is 16.0. The molecule has 3 aliphatic rings. The van der Waals surface area contributed by atoms with Crippen molar-refractivity contribution in [3.05, 3.63) is 49.9 Å². The Bertz CT molecular complexity index is 870. The van der Waals surface area contributed by atoms with Crippen LogP contribution in [-0.2, 0) is 6.18 Å². The number of halogens is 3. The minimum absolute atomic E-state index is 0.0442. The van der Waals surface area contributed by atoms with Crippen LogP contribution >= 0.6 is 23.1 Å². The summed E-state index contributed by atoms with van der Waals surface area (Å²) >= 11 is 3.02. The molecular weight excluding hydrogens is 367 g/mol. The first-order valence-electron chi connectivity index (χ1n) is 8.48. The maximum atomic E-state index is 12.9. The van der Waals surface area contributed by atoms with Gasteiger partial charge in [0.15, 0.2) is 0 Å². The SMILES string of the molecule is O=c1[nH]c2c(s1)[C@H](c1ccc(C(F)(F)F)cc1)[C@H]1[C@@H]3CCC(C3)[C@H]1S2. The lowest BCUT2D eigenvalue weighted by atomic mass is 9.75. The molecular formula is C18H16F3NOS2. The molecule has 7 heteroatoms. The van der Waals surface area contributed by atoms with Crippen molar-refractivity contribution in [2.45, 2.75) is 41.6 Å².